The summed E-state index contributed by atoms with van der Waals surface area (Å²) in [6.07, 6.45) is 0. The van der Waals surface area contributed by atoms with Gasteiger partial charge in [-0.15, -0.1) is 0 Å². The van der Waals surface area contributed by atoms with Crippen molar-refractivity contribution in [3.05, 3.63) is 0 Å². The molecule has 0 amide bonds. The summed E-state index contributed by atoms with van der Waals surface area (Å²) in [7, 11) is 16.3. The second kappa shape index (κ2) is 4.25. The normalized spacial score (nSPS) is 19.1. The molecule has 0 radical (unpaired) electrons. The Balaban J connectivity index is -0.000000375. The van der Waals surface area contributed by atoms with Gasteiger partial charge in [0.25, 0.3) is 0 Å². The van der Waals surface area contributed by atoms with Crippen LogP contribution in [0.15, 0.2) is 0 Å². The first kappa shape index (κ1) is 30.2. The number of nitriles is 6. The number of rotatable bonds is 0. The van der Waals surface area contributed by atoms with Gasteiger partial charge in [-0.2, -0.15) is 0 Å². The van der Waals surface area contributed by atoms with E-state index < -0.39 is 4.83 Å². The third-order valence-corrected chi connectivity index (χ3v) is 11.5. The van der Waals surface area contributed by atoms with Crippen LogP contribution in [0.4, 0.5) is 0 Å². The number of halogens is 3. The predicted molar refractivity (Wildman–Crippen MR) is 72.7 cm³/mol. The van der Waals surface area contributed by atoms with Crippen molar-refractivity contribution in [1.29, 1.82) is 31.6 Å². The SMILES string of the molecule is N#[C][Fe]([Cl])([Cl])([Cl])([C]#N)([C]#N)([C]#N)([C]#N)[C]#N.[KH].[KH].[KH]. The van der Waals surface area contributed by atoms with Crippen molar-refractivity contribution in [3.63, 3.8) is 0 Å². The van der Waals surface area contributed by atoms with Crippen molar-refractivity contribution in [2.75, 3.05) is 0 Å². The summed E-state index contributed by atoms with van der Waals surface area (Å²) in [5, 5.41) is 53.7. The Kier molecular flexibility index (Phi) is 6.75. The van der Waals surface area contributed by atoms with Gasteiger partial charge < -0.3 is 0 Å². The zero-order chi connectivity index (χ0) is 13.6. The Labute approximate surface area is 243 Å². The van der Waals surface area contributed by atoms with Crippen LogP contribution in [-0.4, -0.2) is 154 Å². The molecule has 0 rings (SSSR count). The third kappa shape index (κ3) is 2.99. The fourth-order valence-corrected chi connectivity index (χ4v) is 1.09. The molecule has 0 heterocycles. The summed E-state index contributed by atoms with van der Waals surface area (Å²) < 4.78 is 0. The minimum absolute atomic E-state index is 0. The van der Waals surface area contributed by atoms with E-state index in [4.69, 9.17) is 61.9 Å². The van der Waals surface area contributed by atoms with Gasteiger partial charge in [-0.05, 0) is 0 Å². The standard InChI is InChI=1S/6CN.3ClH.Fe.3K.3H/c6*1-2;;;;;;;;;;/h;;;;;;3*1H;;;;;;;/q;;;;;;;;;+3;;;;;;/p-3. The fraction of sp³-hybridized carbons (Fsp3) is 0. The van der Waals surface area contributed by atoms with E-state index in [9.17, 15) is 0 Å². The average molecular weight is 439 g/mol. The molecule has 0 saturated heterocycles. The van der Waals surface area contributed by atoms with Gasteiger partial charge in [0.2, 0.25) is 0 Å². The van der Waals surface area contributed by atoms with Crippen LogP contribution in [0.2, 0.25) is 0 Å². The predicted octanol–water partition coefficient (Wildman–Crippen LogP) is 0.221. The Hall–Kier alpha value is 3.24. The molecule has 6 nitrogen and oxygen atoms in total. The second-order valence-corrected chi connectivity index (χ2v) is 27.9. The fourth-order valence-electron chi connectivity index (χ4n) is 0.265. The van der Waals surface area contributed by atoms with Crippen LogP contribution < -0.4 is 0 Å². The van der Waals surface area contributed by atoms with Crippen molar-refractivity contribution in [3.8, 4) is 29.8 Å². The van der Waals surface area contributed by atoms with Gasteiger partial charge in [0.05, 0.1) is 0 Å². The van der Waals surface area contributed by atoms with Gasteiger partial charge in [0, 0.05) is 0 Å². The molecule has 19 heavy (non-hydrogen) atoms. The van der Waals surface area contributed by atoms with Crippen LogP contribution >= 0.6 is 30.3 Å². The van der Waals surface area contributed by atoms with E-state index in [1.807, 2.05) is 0 Å². The maximum absolute atomic E-state index is 9.53. The molecule has 0 saturated carbocycles. The maximum atomic E-state index is 8.95. The summed E-state index contributed by atoms with van der Waals surface area (Å²) >= 11 is 0. The van der Waals surface area contributed by atoms with Crippen LogP contribution in [0.5, 0.6) is 0 Å². The van der Waals surface area contributed by atoms with E-state index in [0.717, 1.165) is 0 Å². The number of hydrogen-bond donors (Lipinski definition) is 0. The first-order valence-electron chi connectivity index (χ1n) is 2.80. The topological polar surface area (TPSA) is 143 Å². The first-order chi connectivity index (χ1) is 6.66. The summed E-state index contributed by atoms with van der Waals surface area (Å²) in [4.78, 5) is -6.31. The summed E-state index contributed by atoms with van der Waals surface area (Å²) in [5.74, 6) is 0. The zero-order valence-electron chi connectivity index (χ0n) is 7.17. The molecular weight excluding hydrogens is 436 g/mol. The molecule has 0 unspecified atom stereocenters. The summed E-state index contributed by atoms with van der Waals surface area (Å²) in [6.45, 7) is 0. The van der Waals surface area contributed by atoms with Gasteiger partial charge in [-0.1, -0.05) is 0 Å². The van der Waals surface area contributed by atoms with Gasteiger partial charge in [-0.3, -0.25) is 0 Å². The molecule has 0 atom stereocenters. The monoisotopic (exact) mass is 437 g/mol. The quantitative estimate of drug-likeness (QED) is 0.495. The Morgan fingerprint density at radius 3 is 0.579 bits per heavy atom. The van der Waals surface area contributed by atoms with Crippen LogP contribution in [0.1, 0.15) is 0 Å². The van der Waals surface area contributed by atoms with Crippen LogP contribution in [0, 0.1) is 61.4 Å². The van der Waals surface area contributed by atoms with Crippen molar-refractivity contribution >= 4 is 184 Å². The van der Waals surface area contributed by atoms with Crippen molar-refractivity contribution in [1.82, 2.24) is 0 Å². The van der Waals surface area contributed by atoms with E-state index >= 15 is 0 Å². The van der Waals surface area contributed by atoms with E-state index in [0.29, 0.717) is 29.8 Å². The van der Waals surface area contributed by atoms with Crippen LogP contribution in [0.25, 0.3) is 0 Å². The Morgan fingerprint density at radius 2 is 0.579 bits per heavy atom. The molecule has 0 aromatic carbocycles. The van der Waals surface area contributed by atoms with Crippen molar-refractivity contribution in [2.45, 2.75) is 0 Å². The molecule has 0 aliphatic rings. The summed E-state index contributed by atoms with van der Waals surface area (Å²) in [6, 6.07) is 0. The second-order valence-electron chi connectivity index (χ2n) is 3.15. The van der Waals surface area contributed by atoms with Crippen LogP contribution in [0.3, 0.4) is 0 Å². The van der Waals surface area contributed by atoms with Crippen molar-refractivity contribution in [2.24, 2.45) is 0 Å². The molecule has 0 aliphatic heterocycles. The molecule has 0 spiro atoms. The average Bonchev–Trinajstić information content (AvgIpc) is 2.34. The van der Waals surface area contributed by atoms with Gasteiger partial charge >= 0.3 is 251 Å². The molecule has 0 N–H and O–H groups in total. The molecule has 0 bridgehead atoms. The molecule has 13 heteroatoms. The molecule has 0 aromatic rings. The van der Waals surface area contributed by atoms with E-state index in [1.54, 1.807) is 0 Å². The Bertz CT molecular complexity index is 640. The number of nitrogens with zero attached hydrogens (tertiary/aromatic N) is 6. The first-order valence-corrected chi connectivity index (χ1v) is 10.7. The van der Waals surface area contributed by atoms with Gasteiger partial charge in [0.15, 0.2) is 0 Å². The zero-order valence-corrected chi connectivity index (χ0v) is 10.5. The van der Waals surface area contributed by atoms with Gasteiger partial charge in [-0.25, -0.2) is 0 Å². The minimum atomic E-state index is -9.53. The molecule has 0 fully saturated rings. The van der Waals surface area contributed by atoms with Crippen molar-refractivity contribution < 1.29 is 4.83 Å². The molecule has 89 valence electrons. The summed E-state index contributed by atoms with van der Waals surface area (Å²) in [5.41, 5.74) is 0. The molecule has 0 aliphatic carbocycles. The molecule has 0 aromatic heterocycles. The van der Waals surface area contributed by atoms with Crippen LogP contribution in [-0.2, 0) is 4.83 Å². The third-order valence-electron chi connectivity index (χ3n) is 1.72. The Morgan fingerprint density at radius 1 is 0.474 bits per heavy atom. The van der Waals surface area contributed by atoms with E-state index in [2.05, 4.69) is 0 Å². The molecular formula is C6H3Cl3FeK3N6. The van der Waals surface area contributed by atoms with E-state index in [1.165, 1.54) is 0 Å². The van der Waals surface area contributed by atoms with Gasteiger partial charge in [0.1, 0.15) is 0 Å². The van der Waals surface area contributed by atoms with E-state index in [-0.39, 0.29) is 154 Å². The number of hydrogen-bond acceptors (Lipinski definition) is 6.